The van der Waals surface area contributed by atoms with E-state index in [9.17, 15) is 0 Å². The molecule has 0 saturated heterocycles. The molecule has 1 fully saturated rings. The van der Waals surface area contributed by atoms with Crippen molar-refractivity contribution in [2.75, 3.05) is 6.61 Å². The Morgan fingerprint density at radius 3 is 1.84 bits per heavy atom. The van der Waals surface area contributed by atoms with Gasteiger partial charge >= 0.3 is 0 Å². The van der Waals surface area contributed by atoms with Crippen LogP contribution in [0.5, 0.6) is 0 Å². The van der Waals surface area contributed by atoms with Crippen molar-refractivity contribution in [3.05, 3.63) is 76.9 Å². The molecule has 0 bridgehead atoms. The van der Waals surface area contributed by atoms with E-state index in [2.05, 4.69) is 67.6 Å². The summed E-state index contributed by atoms with van der Waals surface area (Å²) in [6.07, 6.45) is 9.45. The average Bonchev–Trinajstić information content (AvgIpc) is 2.68. The Balaban J connectivity index is 1.56. The van der Waals surface area contributed by atoms with E-state index in [1.165, 1.54) is 47.9 Å². The largest absolute Gasteiger partial charge is 0.377 e. The molecule has 0 aliphatic heterocycles. The lowest BCUT2D eigenvalue weighted by atomic mass is 9.76. The molecule has 0 heterocycles. The van der Waals surface area contributed by atoms with Crippen molar-refractivity contribution in [3.63, 3.8) is 0 Å². The van der Waals surface area contributed by atoms with Gasteiger partial charge in [0, 0.05) is 6.61 Å². The highest BCUT2D eigenvalue weighted by atomic mass is 16.5. The number of hydrogen-bond donors (Lipinski definition) is 0. The molecule has 1 aliphatic carbocycles. The predicted octanol–water partition coefficient (Wildman–Crippen LogP) is 6.70. The predicted molar refractivity (Wildman–Crippen MR) is 107 cm³/mol. The van der Waals surface area contributed by atoms with Crippen LogP contribution < -0.4 is 0 Å². The molecule has 2 aromatic carbocycles. The highest BCUT2D eigenvalue weighted by Gasteiger charge is 2.23. The summed E-state index contributed by atoms with van der Waals surface area (Å²) in [6, 6.07) is 18.2. The maximum absolute atomic E-state index is 5.49. The summed E-state index contributed by atoms with van der Waals surface area (Å²) in [5.74, 6) is 1.45. The van der Waals surface area contributed by atoms with E-state index in [0.717, 1.165) is 25.0 Å². The molecule has 0 radical (unpaired) electrons. The van der Waals surface area contributed by atoms with E-state index < -0.39 is 0 Å². The molecule has 0 spiro atoms. The first kappa shape index (κ1) is 17.9. The van der Waals surface area contributed by atoms with Gasteiger partial charge in [0.1, 0.15) is 0 Å². The molecule has 0 unspecified atom stereocenters. The van der Waals surface area contributed by atoms with E-state index in [1.807, 2.05) is 6.92 Å². The van der Waals surface area contributed by atoms with Crippen molar-refractivity contribution < 1.29 is 4.74 Å². The molecule has 1 heteroatoms. The van der Waals surface area contributed by atoms with E-state index >= 15 is 0 Å². The first-order chi connectivity index (χ1) is 12.3. The van der Waals surface area contributed by atoms with E-state index in [0.29, 0.717) is 0 Å². The summed E-state index contributed by atoms with van der Waals surface area (Å²) in [5, 5.41) is 0. The van der Waals surface area contributed by atoms with Crippen LogP contribution >= 0.6 is 0 Å². The third-order valence-electron chi connectivity index (χ3n) is 5.42. The lowest BCUT2D eigenvalue weighted by Gasteiger charge is -2.29. The Labute approximate surface area is 152 Å². The van der Waals surface area contributed by atoms with Crippen molar-refractivity contribution >= 4 is 6.08 Å². The quantitative estimate of drug-likeness (QED) is 0.571. The first-order valence-corrected chi connectivity index (χ1v) is 9.69. The lowest BCUT2D eigenvalue weighted by Crippen LogP contribution is -2.12. The SMILES string of the molecule is C/C=C\c1ccc(C2CCC(c3ccc(COCC)cc3)CC2)cc1. The van der Waals surface area contributed by atoms with Crippen LogP contribution in [-0.4, -0.2) is 6.61 Å². The van der Waals surface area contributed by atoms with Crippen molar-refractivity contribution in [3.8, 4) is 0 Å². The molecule has 1 nitrogen and oxygen atoms in total. The standard InChI is InChI=1S/C24H30O/c1-3-5-19-6-10-21(11-7-19)23-14-16-24(17-15-23)22-12-8-20(9-13-22)18-25-4-2/h3,5-13,23-24H,4,14-18H2,1-2H3/b5-3-. The Kier molecular flexibility index (Phi) is 6.47. The van der Waals surface area contributed by atoms with Crippen LogP contribution in [0.4, 0.5) is 0 Å². The molecule has 132 valence electrons. The summed E-state index contributed by atoms with van der Waals surface area (Å²) >= 11 is 0. The maximum atomic E-state index is 5.49. The summed E-state index contributed by atoms with van der Waals surface area (Å²) in [4.78, 5) is 0. The fourth-order valence-corrected chi connectivity index (χ4v) is 3.94. The molecule has 0 amide bonds. The monoisotopic (exact) mass is 334 g/mol. The summed E-state index contributed by atoms with van der Waals surface area (Å²) < 4.78 is 5.49. The fraction of sp³-hybridized carbons (Fsp3) is 0.417. The van der Waals surface area contributed by atoms with Crippen molar-refractivity contribution in [1.82, 2.24) is 0 Å². The molecule has 0 atom stereocenters. The minimum atomic E-state index is 0.722. The van der Waals surface area contributed by atoms with Crippen LogP contribution in [-0.2, 0) is 11.3 Å². The third kappa shape index (κ3) is 4.83. The van der Waals surface area contributed by atoms with Crippen LogP contribution in [0.25, 0.3) is 6.08 Å². The minimum absolute atomic E-state index is 0.722. The number of hydrogen-bond acceptors (Lipinski definition) is 1. The second-order valence-corrected chi connectivity index (χ2v) is 7.09. The molecule has 2 aromatic rings. The molecule has 25 heavy (non-hydrogen) atoms. The molecule has 3 rings (SSSR count). The third-order valence-corrected chi connectivity index (χ3v) is 5.42. The average molecular weight is 335 g/mol. The Morgan fingerprint density at radius 1 is 0.840 bits per heavy atom. The highest BCUT2D eigenvalue weighted by Crippen LogP contribution is 2.40. The summed E-state index contributed by atoms with van der Waals surface area (Å²) in [5.41, 5.74) is 5.59. The van der Waals surface area contributed by atoms with Gasteiger partial charge in [-0.15, -0.1) is 0 Å². The fourth-order valence-electron chi connectivity index (χ4n) is 3.94. The van der Waals surface area contributed by atoms with E-state index in [4.69, 9.17) is 4.74 Å². The molecular formula is C24H30O. The summed E-state index contributed by atoms with van der Waals surface area (Å²) in [6.45, 7) is 5.62. The van der Waals surface area contributed by atoms with Crippen molar-refractivity contribution in [1.29, 1.82) is 0 Å². The van der Waals surface area contributed by atoms with Crippen LogP contribution in [0.1, 0.15) is 73.6 Å². The second kappa shape index (κ2) is 9.01. The summed E-state index contributed by atoms with van der Waals surface area (Å²) in [7, 11) is 0. The zero-order chi connectivity index (χ0) is 17.5. The normalized spacial score (nSPS) is 20.9. The van der Waals surface area contributed by atoms with Gasteiger partial charge < -0.3 is 4.74 Å². The van der Waals surface area contributed by atoms with Gasteiger partial charge in [-0.3, -0.25) is 0 Å². The van der Waals surface area contributed by atoms with Gasteiger partial charge in [-0.05, 0) is 73.6 Å². The van der Waals surface area contributed by atoms with Gasteiger partial charge in [-0.2, -0.15) is 0 Å². The first-order valence-electron chi connectivity index (χ1n) is 9.69. The van der Waals surface area contributed by atoms with Gasteiger partial charge in [0.2, 0.25) is 0 Å². The van der Waals surface area contributed by atoms with Crippen LogP contribution in [0.3, 0.4) is 0 Å². The van der Waals surface area contributed by atoms with Gasteiger partial charge in [0.25, 0.3) is 0 Å². The van der Waals surface area contributed by atoms with Crippen molar-refractivity contribution in [2.24, 2.45) is 0 Å². The maximum Gasteiger partial charge on any atom is 0.0716 e. The number of rotatable bonds is 6. The number of allylic oxidation sites excluding steroid dienone is 1. The van der Waals surface area contributed by atoms with Crippen molar-refractivity contribution in [2.45, 2.75) is 58.0 Å². The molecule has 1 aliphatic rings. The van der Waals surface area contributed by atoms with Crippen LogP contribution in [0, 0.1) is 0 Å². The topological polar surface area (TPSA) is 9.23 Å². The molecule has 0 aromatic heterocycles. The Hall–Kier alpha value is -1.86. The van der Waals surface area contributed by atoms with E-state index in [-0.39, 0.29) is 0 Å². The van der Waals surface area contributed by atoms with E-state index in [1.54, 1.807) is 0 Å². The van der Waals surface area contributed by atoms with Gasteiger partial charge in [0.15, 0.2) is 0 Å². The number of benzene rings is 2. The second-order valence-electron chi connectivity index (χ2n) is 7.09. The van der Waals surface area contributed by atoms with Gasteiger partial charge in [-0.25, -0.2) is 0 Å². The Morgan fingerprint density at radius 2 is 1.36 bits per heavy atom. The van der Waals surface area contributed by atoms with Crippen LogP contribution in [0.15, 0.2) is 54.6 Å². The minimum Gasteiger partial charge on any atom is -0.377 e. The van der Waals surface area contributed by atoms with Gasteiger partial charge in [0.05, 0.1) is 6.61 Å². The highest BCUT2D eigenvalue weighted by molar-refractivity contribution is 5.49. The number of ether oxygens (including phenoxy) is 1. The van der Waals surface area contributed by atoms with Gasteiger partial charge in [-0.1, -0.05) is 60.7 Å². The van der Waals surface area contributed by atoms with Crippen LogP contribution in [0.2, 0.25) is 0 Å². The smallest absolute Gasteiger partial charge is 0.0716 e. The Bertz CT molecular complexity index is 658. The zero-order valence-corrected chi connectivity index (χ0v) is 15.6. The molecular weight excluding hydrogens is 304 g/mol. The molecule has 1 saturated carbocycles. The zero-order valence-electron chi connectivity index (χ0n) is 15.6. The molecule has 0 N–H and O–H groups in total. The lowest BCUT2D eigenvalue weighted by molar-refractivity contribution is 0.134.